The summed E-state index contributed by atoms with van der Waals surface area (Å²) in [6.07, 6.45) is 0. The third kappa shape index (κ3) is 5.60. The minimum atomic E-state index is -0.931. The zero-order valence-electron chi connectivity index (χ0n) is 54.7. The zero-order valence-corrected chi connectivity index (χ0v) is 32.7. The fourth-order valence-electron chi connectivity index (χ4n) is 8.57. The molecular weight excluding hydrogens is 763 g/mol. The number of fused-ring (bicyclic) bond motifs is 9. The van der Waals surface area contributed by atoms with Crippen LogP contribution in [0.1, 0.15) is 30.2 Å². The van der Waals surface area contributed by atoms with Gasteiger partial charge in [-0.3, -0.25) is 0 Å². The van der Waals surface area contributed by atoms with Gasteiger partial charge in [-0.1, -0.05) is 157 Å². The average Bonchev–Trinajstić information content (AvgIpc) is 1.59. The maximum atomic E-state index is 10.5. The maximum Gasteiger partial charge on any atom is 0.0667 e. The summed E-state index contributed by atoms with van der Waals surface area (Å²) in [6, 6.07) is 15.2. The molecule has 3 nitrogen and oxygen atoms in total. The van der Waals surface area contributed by atoms with Gasteiger partial charge in [-0.25, -0.2) is 0 Å². The van der Waals surface area contributed by atoms with Crippen molar-refractivity contribution in [2.75, 3.05) is 0 Å². The molecule has 13 rings (SSSR count). The predicted molar refractivity (Wildman–Crippen MR) is 266 cm³/mol. The lowest BCUT2D eigenvalue weighted by Gasteiger charge is -2.15. The van der Waals surface area contributed by atoms with Gasteiger partial charge in [-0.05, 0) is 112 Å². The van der Waals surface area contributed by atoms with Crippen LogP contribution in [0.25, 0.3) is 116 Å². The summed E-state index contributed by atoms with van der Waals surface area (Å²) in [5, 5.41) is -2.31. The summed E-state index contributed by atoms with van der Waals surface area (Å²) in [6.45, 7) is 0. The Bertz CT molecular complexity index is 5130. The largest absolute Gasteiger partial charge is 0.309 e. The highest BCUT2D eigenvalue weighted by molar-refractivity contribution is 6.14. The van der Waals surface area contributed by atoms with E-state index in [0.29, 0.717) is 11.1 Å². The van der Waals surface area contributed by atoms with Gasteiger partial charge >= 0.3 is 0 Å². The molecule has 63 heavy (non-hydrogen) atoms. The highest BCUT2D eigenvalue weighted by atomic mass is 15.0. The molecule has 0 spiro atoms. The second-order valence-electron chi connectivity index (χ2n) is 14.9. The molecule has 0 aliphatic rings. The predicted octanol–water partition coefficient (Wildman–Crippen LogP) is 16.0. The van der Waals surface area contributed by atoms with Gasteiger partial charge in [-0.2, -0.15) is 0 Å². The van der Waals surface area contributed by atoms with Crippen LogP contribution in [0.15, 0.2) is 236 Å². The monoisotopic (exact) mass is 823 g/mol. The number of hydrogen-bond acceptors (Lipinski definition) is 0. The van der Waals surface area contributed by atoms with E-state index < -0.39 is 188 Å². The number of nitrogens with zero attached hydrogens (tertiary/aromatic N) is 3. The standard InChI is InChI=1S/C60H39N3/c1-3-16-40(17-4-1)42-20-15-21-43(34-42)45-35-44(41-18-5-2-6-19-41)36-48(37-45)63-57-28-13-9-24-51(57)53-32-30-47(39-60(53)63)62-58-29-14-10-25-52(58)54-38-46(31-33-59(54)62)61-55-26-11-7-22-49(55)50-23-8-12-27-56(50)61/h1-39H/i7D,8D,9D,10D,11D,12D,13D,14D,22D,23D,24D,25D,26D,27D,28D,29D,30D,31D,32D,33D,38D,39D. The smallest absolute Gasteiger partial charge is 0.0667 e. The van der Waals surface area contributed by atoms with Gasteiger partial charge in [-0.15, -0.1) is 0 Å². The van der Waals surface area contributed by atoms with Crippen LogP contribution in [0.4, 0.5) is 0 Å². The van der Waals surface area contributed by atoms with Gasteiger partial charge in [0, 0.05) is 49.4 Å². The van der Waals surface area contributed by atoms with Crippen molar-refractivity contribution in [1.82, 2.24) is 13.7 Å². The van der Waals surface area contributed by atoms with Crippen LogP contribution in [0, 0.1) is 0 Å². The highest BCUT2D eigenvalue weighted by Gasteiger charge is 2.19. The van der Waals surface area contributed by atoms with Crippen LogP contribution >= 0.6 is 0 Å². The van der Waals surface area contributed by atoms with Crippen LogP contribution in [0.5, 0.6) is 0 Å². The molecule has 3 aromatic heterocycles. The van der Waals surface area contributed by atoms with E-state index in [9.17, 15) is 13.7 Å². The first-order chi connectivity index (χ1) is 40.4. The number of rotatable bonds is 6. The Labute approximate surface area is 395 Å². The van der Waals surface area contributed by atoms with Crippen molar-refractivity contribution in [2.45, 2.75) is 0 Å². The molecule has 13 aromatic rings. The van der Waals surface area contributed by atoms with Crippen LogP contribution in [-0.4, -0.2) is 13.7 Å². The van der Waals surface area contributed by atoms with Crippen molar-refractivity contribution in [2.24, 2.45) is 0 Å². The van der Waals surface area contributed by atoms with Crippen molar-refractivity contribution < 1.29 is 30.2 Å². The fourth-order valence-corrected chi connectivity index (χ4v) is 8.57. The molecule has 0 saturated carbocycles. The van der Waals surface area contributed by atoms with E-state index in [1.54, 1.807) is 12.1 Å². The molecule has 0 N–H and O–H groups in total. The van der Waals surface area contributed by atoms with Gasteiger partial charge in [0.2, 0.25) is 0 Å². The van der Waals surface area contributed by atoms with Crippen molar-refractivity contribution in [3.8, 4) is 50.4 Å². The minimum Gasteiger partial charge on any atom is -0.309 e. The molecule has 0 amide bonds. The van der Waals surface area contributed by atoms with Crippen LogP contribution < -0.4 is 0 Å². The first kappa shape index (κ1) is 20.0. The molecule has 0 unspecified atom stereocenters. The molecule has 3 heteroatoms. The second-order valence-corrected chi connectivity index (χ2v) is 14.9. The summed E-state index contributed by atoms with van der Waals surface area (Å²) in [5.74, 6) is 0. The lowest BCUT2D eigenvalue weighted by molar-refractivity contribution is 1.15. The topological polar surface area (TPSA) is 14.8 Å². The van der Waals surface area contributed by atoms with E-state index in [-0.39, 0.29) is 27.5 Å². The number of hydrogen-bond donors (Lipinski definition) is 0. The summed E-state index contributed by atoms with van der Waals surface area (Å²) < 4.78 is 208. The quantitative estimate of drug-likeness (QED) is 0.159. The molecule has 0 aliphatic carbocycles. The first-order valence-electron chi connectivity index (χ1n) is 30.9. The number of benzene rings is 10. The molecule has 0 fully saturated rings. The first-order valence-corrected chi connectivity index (χ1v) is 19.9. The van der Waals surface area contributed by atoms with E-state index in [2.05, 4.69) is 0 Å². The van der Waals surface area contributed by atoms with Gasteiger partial charge in [0.25, 0.3) is 0 Å². The Morgan fingerprint density at radius 2 is 0.635 bits per heavy atom. The van der Waals surface area contributed by atoms with E-state index in [4.69, 9.17) is 16.4 Å². The molecule has 0 atom stereocenters. The zero-order chi connectivity index (χ0) is 60.6. The van der Waals surface area contributed by atoms with E-state index in [1.807, 2.05) is 91.0 Å². The third-order valence-corrected chi connectivity index (χ3v) is 11.4. The molecular formula is C60H39N3. The van der Waals surface area contributed by atoms with Crippen molar-refractivity contribution in [3.63, 3.8) is 0 Å². The van der Waals surface area contributed by atoms with Gasteiger partial charge in [0.05, 0.1) is 63.3 Å². The molecule has 3 heterocycles. The number of aromatic nitrogens is 3. The maximum absolute atomic E-state index is 10.5. The van der Waals surface area contributed by atoms with Crippen LogP contribution in [0.3, 0.4) is 0 Å². The molecule has 294 valence electrons. The van der Waals surface area contributed by atoms with Crippen LogP contribution in [0.2, 0.25) is 0 Å². The van der Waals surface area contributed by atoms with Crippen molar-refractivity contribution in [1.29, 1.82) is 0 Å². The summed E-state index contributed by atoms with van der Waals surface area (Å²) in [5.41, 5.74) is 0.844. The summed E-state index contributed by atoms with van der Waals surface area (Å²) in [7, 11) is 0. The summed E-state index contributed by atoms with van der Waals surface area (Å²) >= 11 is 0. The molecule has 0 bridgehead atoms. The third-order valence-electron chi connectivity index (χ3n) is 11.4. The van der Waals surface area contributed by atoms with Crippen LogP contribution in [-0.2, 0) is 0 Å². The Balaban J connectivity index is 1.21. The van der Waals surface area contributed by atoms with Gasteiger partial charge < -0.3 is 13.7 Å². The average molecular weight is 824 g/mol. The van der Waals surface area contributed by atoms with E-state index in [0.717, 1.165) is 31.4 Å². The second kappa shape index (κ2) is 14.1. The highest BCUT2D eigenvalue weighted by Crippen LogP contribution is 2.41. The SMILES string of the molecule is [2H]c1c([2H])c([2H])c2c(c1[2H])c1c([2H])c([2H])c(-n3c4c([2H])c([2H])c([2H])c([2H])c4c4c([2H])c(-n5c6c([2H])c([2H])c([2H])c([2H])c6c6c([2H])c([2H])c([2H])c([2H])c65)c([2H])c([2H])c43)c([2H])c1n2-c1cc(-c2ccccc2)cc(-c2cccc(-c3ccccc3)c2)c1. The van der Waals surface area contributed by atoms with Gasteiger partial charge in [0.1, 0.15) is 0 Å². The Hall–Kier alpha value is -8.40. The van der Waals surface area contributed by atoms with E-state index >= 15 is 0 Å². The number of para-hydroxylation sites is 4. The Morgan fingerprint density at radius 1 is 0.254 bits per heavy atom. The lowest BCUT2D eigenvalue weighted by atomic mass is 9.95. The minimum absolute atomic E-state index is 0.187. The van der Waals surface area contributed by atoms with Gasteiger partial charge in [0.15, 0.2) is 0 Å². The molecule has 10 aromatic carbocycles. The Kier molecular flexibility index (Phi) is 4.47. The van der Waals surface area contributed by atoms with E-state index in [1.165, 1.54) is 4.57 Å². The fraction of sp³-hybridized carbons (Fsp3) is 0. The van der Waals surface area contributed by atoms with Crippen molar-refractivity contribution >= 4 is 65.4 Å². The summed E-state index contributed by atoms with van der Waals surface area (Å²) in [4.78, 5) is 0. The normalized spacial score (nSPS) is 16.7. The Morgan fingerprint density at radius 3 is 1.21 bits per heavy atom. The molecule has 0 aliphatic heterocycles. The van der Waals surface area contributed by atoms with Crippen molar-refractivity contribution in [3.05, 3.63) is 236 Å². The lowest BCUT2D eigenvalue weighted by Crippen LogP contribution is -1.98. The molecule has 0 radical (unpaired) electrons. The molecule has 0 saturated heterocycles.